The summed E-state index contributed by atoms with van der Waals surface area (Å²) in [5.74, 6) is -0.483. The third-order valence-electron chi connectivity index (χ3n) is 4.62. The van der Waals surface area contributed by atoms with Crippen LogP contribution < -0.4 is 16.4 Å². The summed E-state index contributed by atoms with van der Waals surface area (Å²) in [4.78, 5) is 39.8. The van der Waals surface area contributed by atoms with Crippen LogP contribution in [0.25, 0.3) is 0 Å². The maximum atomic E-state index is 12.3. The molecule has 1 heterocycles. The Morgan fingerprint density at radius 3 is 2.33 bits per heavy atom. The van der Waals surface area contributed by atoms with E-state index in [1.165, 1.54) is 0 Å². The number of nitrogens with one attached hydrogen (secondary N) is 2. The zero-order valence-corrected chi connectivity index (χ0v) is 16.2. The van der Waals surface area contributed by atoms with Gasteiger partial charge in [-0.2, -0.15) is 0 Å². The summed E-state index contributed by atoms with van der Waals surface area (Å²) in [6, 6.07) is 6.80. The fourth-order valence-electron chi connectivity index (χ4n) is 2.78. The van der Waals surface area contributed by atoms with Gasteiger partial charge in [0, 0.05) is 31.9 Å². The van der Waals surface area contributed by atoms with Crippen molar-refractivity contribution in [2.75, 3.05) is 38.0 Å². The predicted octanol–water partition coefficient (Wildman–Crippen LogP) is 0.771. The molecule has 1 aromatic carbocycles. The lowest BCUT2D eigenvalue weighted by molar-refractivity contribution is -0.134. The molecule has 4 amide bonds. The first-order valence-corrected chi connectivity index (χ1v) is 9.21. The minimum Gasteiger partial charge on any atom is -0.346 e. The molecule has 0 radical (unpaired) electrons. The Morgan fingerprint density at radius 1 is 1.11 bits per heavy atom. The summed E-state index contributed by atoms with van der Waals surface area (Å²) < 4.78 is 0. The van der Waals surface area contributed by atoms with Gasteiger partial charge in [-0.15, -0.1) is 0 Å². The monoisotopic (exact) mass is 375 g/mol. The van der Waals surface area contributed by atoms with Gasteiger partial charge < -0.3 is 26.2 Å². The molecule has 1 saturated heterocycles. The van der Waals surface area contributed by atoms with Crippen molar-refractivity contribution in [1.29, 1.82) is 0 Å². The molecule has 1 atom stereocenters. The second-order valence-electron chi connectivity index (χ2n) is 7.16. The van der Waals surface area contributed by atoms with Gasteiger partial charge in [0.1, 0.15) is 0 Å². The van der Waals surface area contributed by atoms with Crippen LogP contribution in [0.5, 0.6) is 0 Å². The summed E-state index contributed by atoms with van der Waals surface area (Å²) in [7, 11) is 0. The number of carbonyl (C=O) groups excluding carboxylic acids is 3. The van der Waals surface area contributed by atoms with Gasteiger partial charge in [-0.1, -0.05) is 26.0 Å². The van der Waals surface area contributed by atoms with E-state index >= 15 is 0 Å². The quantitative estimate of drug-likeness (QED) is 0.706. The first kappa shape index (κ1) is 20.7. The van der Waals surface area contributed by atoms with E-state index in [1.54, 1.807) is 9.80 Å². The van der Waals surface area contributed by atoms with Gasteiger partial charge in [0.05, 0.1) is 12.6 Å². The highest BCUT2D eigenvalue weighted by Gasteiger charge is 2.25. The number of urea groups is 1. The fraction of sp³-hybridized carbons (Fsp3) is 0.526. The minimum atomic E-state index is -0.625. The van der Waals surface area contributed by atoms with E-state index in [-0.39, 0.29) is 30.3 Å². The molecule has 1 aliphatic heterocycles. The van der Waals surface area contributed by atoms with Gasteiger partial charge in [-0.3, -0.25) is 9.59 Å². The zero-order valence-electron chi connectivity index (χ0n) is 16.2. The number of benzene rings is 1. The number of aryl methyl sites for hydroxylation is 1. The summed E-state index contributed by atoms with van der Waals surface area (Å²) in [5.41, 5.74) is 7.58. The molecule has 0 saturated carbocycles. The molecule has 2 rings (SSSR count). The lowest BCUT2D eigenvalue weighted by Gasteiger charge is -2.34. The second-order valence-corrected chi connectivity index (χ2v) is 7.16. The topological polar surface area (TPSA) is 108 Å². The van der Waals surface area contributed by atoms with Gasteiger partial charge in [-0.25, -0.2) is 4.79 Å². The standard InChI is InChI=1S/C19H29N5O3/c1-13(2)17(20)18(26)21-12-16(25)23-7-9-24(10-8-23)19(27)22-15-6-4-5-14(3)11-15/h4-6,11,13,17H,7-10,12,20H2,1-3H3,(H,21,26)(H,22,27)/t17-/m0/s1. The molecule has 0 aromatic heterocycles. The van der Waals surface area contributed by atoms with Crippen LogP contribution in [0.15, 0.2) is 24.3 Å². The molecule has 148 valence electrons. The largest absolute Gasteiger partial charge is 0.346 e. The number of amides is 4. The van der Waals surface area contributed by atoms with Crippen LogP contribution in [-0.4, -0.2) is 66.4 Å². The Morgan fingerprint density at radius 2 is 1.74 bits per heavy atom. The number of carbonyl (C=O) groups is 3. The van der Waals surface area contributed by atoms with Crippen LogP contribution in [0.2, 0.25) is 0 Å². The Bertz CT molecular complexity index is 684. The SMILES string of the molecule is Cc1cccc(NC(=O)N2CCN(C(=O)CNC(=O)[C@@H](N)C(C)C)CC2)c1. The van der Waals surface area contributed by atoms with E-state index in [1.807, 2.05) is 45.0 Å². The molecule has 1 fully saturated rings. The minimum absolute atomic E-state index is 0.00978. The Hall–Kier alpha value is -2.61. The van der Waals surface area contributed by atoms with Crippen LogP contribution in [-0.2, 0) is 9.59 Å². The van der Waals surface area contributed by atoms with E-state index in [9.17, 15) is 14.4 Å². The maximum absolute atomic E-state index is 12.3. The van der Waals surface area contributed by atoms with Gasteiger partial charge in [0.2, 0.25) is 11.8 Å². The number of piperazine rings is 1. The van der Waals surface area contributed by atoms with Crippen LogP contribution in [0.1, 0.15) is 19.4 Å². The summed E-state index contributed by atoms with van der Waals surface area (Å²) in [6.07, 6.45) is 0. The van der Waals surface area contributed by atoms with E-state index in [0.29, 0.717) is 26.2 Å². The molecule has 1 aromatic rings. The fourth-order valence-corrected chi connectivity index (χ4v) is 2.78. The number of nitrogens with two attached hydrogens (primary N) is 1. The lowest BCUT2D eigenvalue weighted by Crippen LogP contribution is -2.54. The molecule has 8 nitrogen and oxygen atoms in total. The summed E-state index contributed by atoms with van der Waals surface area (Å²) in [6.45, 7) is 7.37. The van der Waals surface area contributed by atoms with Crippen molar-refractivity contribution >= 4 is 23.5 Å². The van der Waals surface area contributed by atoms with Crippen molar-refractivity contribution in [1.82, 2.24) is 15.1 Å². The van der Waals surface area contributed by atoms with E-state index < -0.39 is 6.04 Å². The normalized spacial score (nSPS) is 15.4. The van der Waals surface area contributed by atoms with Crippen LogP contribution in [0.4, 0.5) is 10.5 Å². The molecule has 27 heavy (non-hydrogen) atoms. The van der Waals surface area contributed by atoms with Crippen LogP contribution in [0.3, 0.4) is 0 Å². The van der Waals surface area contributed by atoms with Gasteiger partial charge in [0.25, 0.3) is 0 Å². The predicted molar refractivity (Wildman–Crippen MR) is 104 cm³/mol. The van der Waals surface area contributed by atoms with Crippen LogP contribution in [0, 0.1) is 12.8 Å². The summed E-state index contributed by atoms with van der Waals surface area (Å²) >= 11 is 0. The van der Waals surface area contributed by atoms with Crippen molar-refractivity contribution in [3.8, 4) is 0 Å². The highest BCUT2D eigenvalue weighted by Crippen LogP contribution is 2.11. The van der Waals surface area contributed by atoms with Crippen molar-refractivity contribution < 1.29 is 14.4 Å². The van der Waals surface area contributed by atoms with Crippen LogP contribution >= 0.6 is 0 Å². The van der Waals surface area contributed by atoms with Crippen molar-refractivity contribution in [3.05, 3.63) is 29.8 Å². The summed E-state index contributed by atoms with van der Waals surface area (Å²) in [5, 5.41) is 5.46. The molecule has 0 spiro atoms. The molecular weight excluding hydrogens is 346 g/mol. The number of hydrogen-bond acceptors (Lipinski definition) is 4. The molecule has 8 heteroatoms. The first-order chi connectivity index (χ1) is 12.8. The smallest absolute Gasteiger partial charge is 0.321 e. The first-order valence-electron chi connectivity index (χ1n) is 9.21. The van der Waals surface area contributed by atoms with Crippen molar-refractivity contribution in [2.45, 2.75) is 26.8 Å². The molecule has 0 aliphatic carbocycles. The maximum Gasteiger partial charge on any atom is 0.321 e. The molecule has 0 bridgehead atoms. The number of rotatable bonds is 5. The zero-order chi connectivity index (χ0) is 20.0. The second kappa shape index (κ2) is 9.36. The third-order valence-corrected chi connectivity index (χ3v) is 4.62. The molecule has 0 unspecified atom stereocenters. The molecule has 1 aliphatic rings. The van der Waals surface area contributed by atoms with Gasteiger partial charge in [-0.05, 0) is 30.5 Å². The number of hydrogen-bond donors (Lipinski definition) is 3. The Labute approximate surface area is 160 Å². The molecular formula is C19H29N5O3. The highest BCUT2D eigenvalue weighted by atomic mass is 16.2. The number of nitrogens with zero attached hydrogens (tertiary/aromatic N) is 2. The average Bonchev–Trinajstić information content (AvgIpc) is 2.65. The lowest BCUT2D eigenvalue weighted by atomic mass is 10.1. The van der Waals surface area contributed by atoms with Crippen molar-refractivity contribution in [3.63, 3.8) is 0 Å². The van der Waals surface area contributed by atoms with Gasteiger partial charge in [0.15, 0.2) is 0 Å². The third kappa shape index (κ3) is 5.96. The number of anilines is 1. The highest BCUT2D eigenvalue weighted by molar-refractivity contribution is 5.90. The Kier molecular flexibility index (Phi) is 7.18. The van der Waals surface area contributed by atoms with Crippen molar-refractivity contribution in [2.24, 2.45) is 11.7 Å². The van der Waals surface area contributed by atoms with E-state index in [2.05, 4.69) is 10.6 Å². The van der Waals surface area contributed by atoms with E-state index in [4.69, 9.17) is 5.73 Å². The Balaban J connectivity index is 1.76. The molecule has 4 N–H and O–H groups in total. The van der Waals surface area contributed by atoms with Gasteiger partial charge >= 0.3 is 6.03 Å². The average molecular weight is 375 g/mol. The van der Waals surface area contributed by atoms with E-state index in [0.717, 1.165) is 11.3 Å².